The first-order valence-corrected chi connectivity index (χ1v) is 7.40. The maximum absolute atomic E-state index is 12.0. The van der Waals surface area contributed by atoms with Crippen LogP contribution < -0.4 is 5.73 Å². The van der Waals surface area contributed by atoms with E-state index in [-0.39, 0.29) is 6.10 Å². The fourth-order valence-electron chi connectivity index (χ4n) is 2.02. The fourth-order valence-corrected chi connectivity index (χ4v) is 3.52. The van der Waals surface area contributed by atoms with Crippen molar-refractivity contribution in [1.29, 1.82) is 0 Å². The number of rotatable bonds is 4. The Morgan fingerprint density at radius 2 is 2.06 bits per heavy atom. The third kappa shape index (κ3) is 2.34. The van der Waals surface area contributed by atoms with Crippen LogP contribution in [-0.4, -0.2) is 21.1 Å². The van der Waals surface area contributed by atoms with Gasteiger partial charge in [-0.3, -0.25) is 0 Å². The molecule has 4 nitrogen and oxygen atoms in total. The maximum Gasteiger partial charge on any atom is 0.200 e. The van der Waals surface area contributed by atoms with E-state index in [1.807, 2.05) is 19.9 Å². The predicted octanol–water partition coefficient (Wildman–Crippen LogP) is 1.70. The highest BCUT2D eigenvalue weighted by molar-refractivity contribution is 7.95. The minimum Gasteiger partial charge on any atom is -0.374 e. The Labute approximate surface area is 107 Å². The summed E-state index contributed by atoms with van der Waals surface area (Å²) in [6, 6.07) is 5.18. The van der Waals surface area contributed by atoms with Crippen LogP contribution in [0.1, 0.15) is 25.0 Å². The van der Waals surface area contributed by atoms with Crippen molar-refractivity contribution in [3.63, 3.8) is 0 Å². The lowest BCUT2D eigenvalue weighted by molar-refractivity contribution is 0.107. The zero-order valence-corrected chi connectivity index (χ0v) is 11.3. The second kappa shape index (κ2) is 4.84. The molecular formula is C13H17NO3S. The molecule has 0 atom stereocenters. The fraction of sp³-hybridized carbons (Fsp3) is 0.385. The van der Waals surface area contributed by atoms with Crippen LogP contribution in [0.15, 0.2) is 28.5 Å². The van der Waals surface area contributed by atoms with Gasteiger partial charge in [0.2, 0.25) is 9.84 Å². The maximum atomic E-state index is 12.0. The van der Waals surface area contributed by atoms with Gasteiger partial charge in [-0.25, -0.2) is 8.42 Å². The van der Waals surface area contributed by atoms with E-state index in [1.165, 1.54) is 5.41 Å². The van der Waals surface area contributed by atoms with Crippen molar-refractivity contribution in [3.05, 3.63) is 34.7 Å². The summed E-state index contributed by atoms with van der Waals surface area (Å²) in [7, 11) is -3.33. The van der Waals surface area contributed by atoms with Gasteiger partial charge >= 0.3 is 0 Å². The molecule has 1 aliphatic rings. The van der Waals surface area contributed by atoms with E-state index in [2.05, 4.69) is 0 Å². The molecule has 1 aromatic rings. The molecule has 0 unspecified atom stereocenters. The molecule has 0 aliphatic carbocycles. The number of benzene rings is 1. The van der Waals surface area contributed by atoms with Gasteiger partial charge in [-0.15, -0.1) is 0 Å². The van der Waals surface area contributed by atoms with Crippen molar-refractivity contribution < 1.29 is 13.2 Å². The van der Waals surface area contributed by atoms with Crippen molar-refractivity contribution in [2.24, 2.45) is 5.73 Å². The summed E-state index contributed by atoms with van der Waals surface area (Å²) in [6.07, 6.45) is 0.0580. The molecule has 1 aromatic carbocycles. The molecule has 2 N–H and O–H groups in total. The van der Waals surface area contributed by atoms with Gasteiger partial charge in [-0.1, -0.05) is 12.1 Å². The monoisotopic (exact) mass is 267 g/mol. The van der Waals surface area contributed by atoms with Gasteiger partial charge in [0, 0.05) is 17.5 Å². The highest BCUT2D eigenvalue weighted by Gasteiger charge is 2.28. The molecule has 0 saturated heterocycles. The van der Waals surface area contributed by atoms with Crippen molar-refractivity contribution in [2.45, 2.75) is 31.4 Å². The molecule has 0 amide bonds. The summed E-state index contributed by atoms with van der Waals surface area (Å²) in [6.45, 7) is 4.44. The van der Waals surface area contributed by atoms with E-state index in [0.29, 0.717) is 23.6 Å². The molecule has 0 aromatic heterocycles. The van der Waals surface area contributed by atoms with E-state index in [4.69, 9.17) is 10.5 Å². The van der Waals surface area contributed by atoms with Crippen LogP contribution in [0, 0.1) is 0 Å². The van der Waals surface area contributed by atoms with Crippen LogP contribution >= 0.6 is 0 Å². The molecule has 98 valence electrons. The largest absolute Gasteiger partial charge is 0.374 e. The van der Waals surface area contributed by atoms with E-state index < -0.39 is 9.84 Å². The normalized spacial score (nSPS) is 16.8. The van der Waals surface area contributed by atoms with Crippen molar-refractivity contribution in [1.82, 2.24) is 0 Å². The van der Waals surface area contributed by atoms with Gasteiger partial charge in [-0.2, -0.15) is 0 Å². The number of fused-ring (bicyclic) bond motifs is 1. The van der Waals surface area contributed by atoms with Crippen molar-refractivity contribution in [2.75, 3.05) is 6.61 Å². The third-order valence-corrected chi connectivity index (χ3v) is 4.38. The highest BCUT2D eigenvalue weighted by atomic mass is 32.2. The second-order valence-electron chi connectivity index (χ2n) is 4.54. The molecule has 5 heteroatoms. The summed E-state index contributed by atoms with van der Waals surface area (Å²) < 4.78 is 29.5. The van der Waals surface area contributed by atoms with E-state index in [1.54, 1.807) is 12.1 Å². The summed E-state index contributed by atoms with van der Waals surface area (Å²) >= 11 is 0. The zero-order valence-electron chi connectivity index (χ0n) is 10.5. The standard InChI is InChI=1S/C13H17NO3S/c1-9(2)17-7-11-8-18(15,16)12-5-3-4-10(6-14)13(11)12/h3-5,8-9H,6-7,14H2,1-2H3. The first-order valence-electron chi connectivity index (χ1n) is 5.85. The molecule has 1 aliphatic heterocycles. The molecule has 0 saturated carbocycles. The van der Waals surface area contributed by atoms with Crippen LogP contribution in [0.2, 0.25) is 0 Å². The Balaban J connectivity index is 2.47. The van der Waals surface area contributed by atoms with E-state index >= 15 is 0 Å². The molecular weight excluding hydrogens is 250 g/mol. The Morgan fingerprint density at radius 3 is 2.67 bits per heavy atom. The molecule has 0 fully saturated rings. The lowest BCUT2D eigenvalue weighted by atomic mass is 10.0. The molecule has 0 bridgehead atoms. The van der Waals surface area contributed by atoms with Crippen molar-refractivity contribution >= 4 is 15.4 Å². The van der Waals surface area contributed by atoms with E-state index in [0.717, 1.165) is 11.1 Å². The molecule has 2 rings (SSSR count). The van der Waals surface area contributed by atoms with Gasteiger partial charge in [0.05, 0.1) is 17.6 Å². The molecule has 1 heterocycles. The molecule has 0 spiro atoms. The zero-order chi connectivity index (χ0) is 13.3. The Morgan fingerprint density at radius 1 is 1.33 bits per heavy atom. The van der Waals surface area contributed by atoms with Gasteiger partial charge in [0.15, 0.2) is 0 Å². The highest BCUT2D eigenvalue weighted by Crippen LogP contribution is 2.35. The van der Waals surface area contributed by atoms with Gasteiger partial charge in [0.1, 0.15) is 0 Å². The lowest BCUT2D eigenvalue weighted by Crippen LogP contribution is -2.07. The van der Waals surface area contributed by atoms with Crippen LogP contribution in [0.3, 0.4) is 0 Å². The van der Waals surface area contributed by atoms with Crippen LogP contribution in [-0.2, 0) is 21.1 Å². The van der Waals surface area contributed by atoms with E-state index in [9.17, 15) is 8.42 Å². The third-order valence-electron chi connectivity index (χ3n) is 2.83. The van der Waals surface area contributed by atoms with Gasteiger partial charge in [-0.05, 0) is 31.1 Å². The summed E-state index contributed by atoms with van der Waals surface area (Å²) in [5, 5.41) is 1.29. The lowest BCUT2D eigenvalue weighted by Gasteiger charge is -2.12. The SMILES string of the molecule is CC(C)OCC1=CS(=O)(=O)c2cccc(CN)c21. The number of hydrogen-bond acceptors (Lipinski definition) is 4. The number of nitrogens with two attached hydrogens (primary N) is 1. The molecule has 18 heavy (non-hydrogen) atoms. The average molecular weight is 267 g/mol. The Hall–Kier alpha value is -1.17. The van der Waals surface area contributed by atoms with Crippen LogP contribution in [0.4, 0.5) is 0 Å². The number of hydrogen-bond donors (Lipinski definition) is 1. The smallest absolute Gasteiger partial charge is 0.200 e. The Bertz CT molecular complexity index is 588. The topological polar surface area (TPSA) is 69.4 Å². The number of ether oxygens (including phenoxy) is 1. The first kappa shape index (κ1) is 13.3. The van der Waals surface area contributed by atoms with Crippen molar-refractivity contribution in [3.8, 4) is 0 Å². The Kier molecular flexibility index (Phi) is 3.56. The second-order valence-corrected chi connectivity index (χ2v) is 6.31. The predicted molar refractivity (Wildman–Crippen MR) is 70.6 cm³/mol. The average Bonchev–Trinajstić information content (AvgIpc) is 2.59. The quantitative estimate of drug-likeness (QED) is 0.901. The minimum absolute atomic E-state index is 0.0580. The minimum atomic E-state index is -3.33. The number of sulfone groups is 1. The molecule has 0 radical (unpaired) electrons. The summed E-state index contributed by atoms with van der Waals surface area (Å²) in [4.78, 5) is 0.341. The van der Waals surface area contributed by atoms with Gasteiger partial charge < -0.3 is 10.5 Å². The van der Waals surface area contributed by atoms with Crippen LogP contribution in [0.25, 0.3) is 5.57 Å². The summed E-state index contributed by atoms with van der Waals surface area (Å²) in [5.74, 6) is 0. The first-order chi connectivity index (χ1) is 8.45. The van der Waals surface area contributed by atoms with Crippen LogP contribution in [0.5, 0.6) is 0 Å². The summed E-state index contributed by atoms with van der Waals surface area (Å²) in [5.41, 5.74) is 7.92. The van der Waals surface area contributed by atoms with Gasteiger partial charge in [0.25, 0.3) is 0 Å².